The van der Waals surface area contributed by atoms with Crippen molar-refractivity contribution in [2.75, 3.05) is 13.2 Å². The molecule has 6 heteroatoms. The number of carbonyl (C=O) groups is 3. The van der Waals surface area contributed by atoms with Crippen LogP contribution in [-0.2, 0) is 28.6 Å². The molecular formula is C19H20O6. The van der Waals surface area contributed by atoms with Crippen LogP contribution in [0.15, 0.2) is 60.4 Å². The highest BCUT2D eigenvalue weighted by atomic mass is 16.5. The predicted molar refractivity (Wildman–Crippen MR) is 92.1 cm³/mol. The number of hydrogen-bond acceptors (Lipinski definition) is 6. The van der Waals surface area contributed by atoms with Crippen molar-refractivity contribution in [2.24, 2.45) is 0 Å². The van der Waals surface area contributed by atoms with E-state index in [1.165, 1.54) is 38.2 Å². The highest BCUT2D eigenvalue weighted by molar-refractivity contribution is 5.87. The van der Waals surface area contributed by atoms with E-state index in [4.69, 9.17) is 14.2 Å². The lowest BCUT2D eigenvalue weighted by molar-refractivity contribution is -0.140. The van der Waals surface area contributed by atoms with Gasteiger partial charge in [0.25, 0.3) is 0 Å². The third-order valence-corrected chi connectivity index (χ3v) is 2.65. The molecule has 132 valence electrons. The van der Waals surface area contributed by atoms with Crippen molar-refractivity contribution in [1.82, 2.24) is 0 Å². The first-order valence-corrected chi connectivity index (χ1v) is 7.55. The molecule has 1 rings (SSSR count). The van der Waals surface area contributed by atoms with Crippen molar-refractivity contribution < 1.29 is 28.6 Å². The molecule has 0 saturated heterocycles. The van der Waals surface area contributed by atoms with E-state index in [-0.39, 0.29) is 19.0 Å². The van der Waals surface area contributed by atoms with Crippen LogP contribution in [0.1, 0.15) is 19.4 Å². The fourth-order valence-corrected chi connectivity index (χ4v) is 1.62. The summed E-state index contributed by atoms with van der Waals surface area (Å²) < 4.78 is 14.7. The van der Waals surface area contributed by atoms with Crippen molar-refractivity contribution in [3.8, 4) is 0 Å². The summed E-state index contributed by atoms with van der Waals surface area (Å²) >= 11 is 0. The Morgan fingerprint density at radius 2 is 1.64 bits per heavy atom. The van der Waals surface area contributed by atoms with Crippen molar-refractivity contribution in [3.63, 3.8) is 0 Å². The molecule has 1 aromatic carbocycles. The van der Waals surface area contributed by atoms with E-state index in [1.807, 2.05) is 30.3 Å². The van der Waals surface area contributed by atoms with Crippen LogP contribution in [-0.4, -0.2) is 31.1 Å². The average molecular weight is 344 g/mol. The second-order valence-corrected chi connectivity index (χ2v) is 4.78. The first-order valence-electron chi connectivity index (χ1n) is 7.55. The summed E-state index contributed by atoms with van der Waals surface area (Å²) in [6.45, 7) is 2.51. The maximum Gasteiger partial charge on any atom is 0.331 e. The van der Waals surface area contributed by atoms with Gasteiger partial charge >= 0.3 is 17.9 Å². The predicted octanol–water partition coefficient (Wildman–Crippen LogP) is 2.81. The number of hydrogen-bond donors (Lipinski definition) is 0. The largest absolute Gasteiger partial charge is 0.461 e. The van der Waals surface area contributed by atoms with Crippen LogP contribution in [0.3, 0.4) is 0 Å². The third-order valence-electron chi connectivity index (χ3n) is 2.65. The molecule has 0 aliphatic carbocycles. The summed E-state index contributed by atoms with van der Waals surface area (Å²) in [5.41, 5.74) is 0.889. The standard InChI is InChI=1S/C19H20O6/c1-15(20)23-14-12-18(25-16(2)21)9-6-13-24-19(22)11-10-17-7-4-3-5-8-17/h3-12H,13-14H2,1-2H3/b9-6+,11-10+,18-12-. The molecule has 0 aromatic heterocycles. The Morgan fingerprint density at radius 1 is 0.920 bits per heavy atom. The van der Waals surface area contributed by atoms with Crippen LogP contribution >= 0.6 is 0 Å². The second kappa shape index (κ2) is 11.4. The summed E-state index contributed by atoms with van der Waals surface area (Å²) in [5, 5.41) is 0. The average Bonchev–Trinajstić information content (AvgIpc) is 2.56. The lowest BCUT2D eigenvalue weighted by Crippen LogP contribution is -2.03. The molecule has 25 heavy (non-hydrogen) atoms. The Balaban J connectivity index is 2.46. The van der Waals surface area contributed by atoms with Crippen LogP contribution in [0, 0.1) is 0 Å². The van der Waals surface area contributed by atoms with Crippen molar-refractivity contribution in [2.45, 2.75) is 13.8 Å². The van der Waals surface area contributed by atoms with E-state index < -0.39 is 17.9 Å². The molecule has 6 nitrogen and oxygen atoms in total. The second-order valence-electron chi connectivity index (χ2n) is 4.78. The zero-order valence-corrected chi connectivity index (χ0v) is 14.1. The third kappa shape index (κ3) is 10.3. The molecule has 0 spiro atoms. The topological polar surface area (TPSA) is 78.9 Å². The van der Waals surface area contributed by atoms with Crippen molar-refractivity contribution in [1.29, 1.82) is 0 Å². The Kier molecular flexibility index (Phi) is 9.07. The van der Waals surface area contributed by atoms with Gasteiger partial charge in [0.05, 0.1) is 0 Å². The van der Waals surface area contributed by atoms with E-state index in [1.54, 1.807) is 6.08 Å². The maximum absolute atomic E-state index is 11.6. The quantitative estimate of drug-likeness (QED) is 0.237. The van der Waals surface area contributed by atoms with Crippen LogP contribution in [0.4, 0.5) is 0 Å². The van der Waals surface area contributed by atoms with Crippen LogP contribution in [0.2, 0.25) is 0 Å². The van der Waals surface area contributed by atoms with Gasteiger partial charge in [-0.05, 0) is 29.9 Å². The number of rotatable bonds is 8. The summed E-state index contributed by atoms with van der Waals surface area (Å²) in [4.78, 5) is 33.3. The molecule has 1 aromatic rings. The highest BCUT2D eigenvalue weighted by Gasteiger charge is 2.00. The maximum atomic E-state index is 11.6. The van der Waals surface area contributed by atoms with Gasteiger partial charge in [-0.2, -0.15) is 0 Å². The van der Waals surface area contributed by atoms with Gasteiger partial charge in [0.1, 0.15) is 19.0 Å². The first-order chi connectivity index (χ1) is 12.0. The van der Waals surface area contributed by atoms with Crippen molar-refractivity contribution >= 4 is 24.0 Å². The molecule has 0 amide bonds. The number of benzene rings is 1. The zero-order valence-electron chi connectivity index (χ0n) is 14.1. The summed E-state index contributed by atoms with van der Waals surface area (Å²) in [7, 11) is 0. The first kappa shape index (κ1) is 19.9. The molecule has 0 aliphatic rings. The van der Waals surface area contributed by atoms with Gasteiger partial charge in [-0.1, -0.05) is 30.3 Å². The van der Waals surface area contributed by atoms with E-state index >= 15 is 0 Å². The van der Waals surface area contributed by atoms with Crippen LogP contribution < -0.4 is 0 Å². The lowest BCUT2D eigenvalue weighted by atomic mass is 10.2. The van der Waals surface area contributed by atoms with Crippen molar-refractivity contribution in [3.05, 3.63) is 66.0 Å². The normalized spacial score (nSPS) is 11.5. The van der Waals surface area contributed by atoms with E-state index in [2.05, 4.69) is 0 Å². The van der Waals surface area contributed by atoms with Gasteiger partial charge in [-0.25, -0.2) is 4.79 Å². The minimum absolute atomic E-state index is 0.00410. The SMILES string of the molecule is CC(=O)OC/C=C(/C=C/COC(=O)/C=C/c1ccccc1)OC(C)=O. The van der Waals surface area contributed by atoms with Gasteiger partial charge in [0, 0.05) is 19.9 Å². The summed E-state index contributed by atoms with van der Waals surface area (Å²) in [5.74, 6) is -1.25. The van der Waals surface area contributed by atoms with Gasteiger partial charge in [-0.3, -0.25) is 9.59 Å². The molecular weight excluding hydrogens is 324 g/mol. The van der Waals surface area contributed by atoms with E-state index in [0.29, 0.717) is 0 Å². The molecule has 0 saturated carbocycles. The fraction of sp³-hybridized carbons (Fsp3) is 0.211. The monoisotopic (exact) mass is 344 g/mol. The van der Waals surface area contributed by atoms with E-state index in [0.717, 1.165) is 5.56 Å². The van der Waals surface area contributed by atoms with Gasteiger partial charge in [0.15, 0.2) is 0 Å². The zero-order chi connectivity index (χ0) is 18.5. The lowest BCUT2D eigenvalue weighted by Gasteiger charge is -2.03. The molecule has 0 unspecified atom stereocenters. The number of ether oxygens (including phenoxy) is 3. The van der Waals surface area contributed by atoms with Gasteiger partial charge < -0.3 is 14.2 Å². The molecule has 0 aliphatic heterocycles. The minimum Gasteiger partial charge on any atom is -0.461 e. The van der Waals surface area contributed by atoms with Crippen LogP contribution in [0.25, 0.3) is 6.08 Å². The molecule has 0 N–H and O–H groups in total. The molecule has 0 heterocycles. The number of esters is 3. The Morgan fingerprint density at radius 3 is 2.28 bits per heavy atom. The Labute approximate surface area is 146 Å². The number of carbonyl (C=O) groups excluding carboxylic acids is 3. The smallest absolute Gasteiger partial charge is 0.331 e. The molecule has 0 atom stereocenters. The Hall–Kier alpha value is -3.15. The summed E-state index contributed by atoms with van der Waals surface area (Å²) in [6.07, 6.45) is 7.37. The fourth-order valence-electron chi connectivity index (χ4n) is 1.62. The minimum atomic E-state index is -0.512. The molecule has 0 radical (unpaired) electrons. The van der Waals surface area contributed by atoms with Gasteiger partial charge in [-0.15, -0.1) is 0 Å². The highest BCUT2D eigenvalue weighted by Crippen LogP contribution is 2.03. The summed E-state index contributed by atoms with van der Waals surface area (Å²) in [6, 6.07) is 9.35. The Bertz CT molecular complexity index is 670. The number of allylic oxidation sites excluding steroid dienone is 1. The van der Waals surface area contributed by atoms with Crippen LogP contribution in [0.5, 0.6) is 0 Å². The van der Waals surface area contributed by atoms with Gasteiger partial charge in [0.2, 0.25) is 0 Å². The molecule has 0 fully saturated rings. The van der Waals surface area contributed by atoms with E-state index in [9.17, 15) is 14.4 Å². The molecule has 0 bridgehead atoms.